The largest absolute Gasteiger partial charge is 0.268 e. The second-order valence-corrected chi connectivity index (χ2v) is 4.03. The molecule has 1 aromatic rings. The number of halogens is 1. The number of hydrogen-bond acceptors (Lipinski definition) is 4. The van der Waals surface area contributed by atoms with Gasteiger partial charge in [-0.3, -0.25) is 15.3 Å². The van der Waals surface area contributed by atoms with Crippen molar-refractivity contribution < 1.29 is 4.84 Å². The highest BCUT2D eigenvalue weighted by Gasteiger charge is 2.17. The number of azide groups is 1. The van der Waals surface area contributed by atoms with Crippen LogP contribution in [0.2, 0.25) is 0 Å². The van der Waals surface area contributed by atoms with Gasteiger partial charge in [-0.1, -0.05) is 5.11 Å². The van der Waals surface area contributed by atoms with Crippen LogP contribution >= 0.6 is 15.9 Å². The van der Waals surface area contributed by atoms with Gasteiger partial charge in [-0.2, -0.15) is 0 Å². The fourth-order valence-corrected chi connectivity index (χ4v) is 1.51. The summed E-state index contributed by atoms with van der Waals surface area (Å²) >= 11 is 3.31. The summed E-state index contributed by atoms with van der Waals surface area (Å²) in [7, 11) is 0. The first-order chi connectivity index (χ1) is 7.79. The Hall–Kier alpha value is -1.56. The van der Waals surface area contributed by atoms with Crippen LogP contribution in [0.5, 0.6) is 0 Å². The number of pyridine rings is 1. The van der Waals surface area contributed by atoms with Gasteiger partial charge in [0, 0.05) is 15.6 Å². The average Bonchev–Trinajstić information content (AvgIpc) is 2.76. The van der Waals surface area contributed by atoms with Crippen LogP contribution in [0.15, 0.2) is 34.0 Å². The zero-order valence-electron chi connectivity index (χ0n) is 8.17. The van der Waals surface area contributed by atoms with Crippen molar-refractivity contribution in [1.82, 2.24) is 10.5 Å². The molecule has 1 aliphatic heterocycles. The molecule has 6 nitrogen and oxygen atoms in total. The highest BCUT2D eigenvalue weighted by molar-refractivity contribution is 9.10. The SMILES string of the molecule is [N-]=[N+]=NC[C@@H]1C=C(c2ccc(Br)cn2)NO1. The summed E-state index contributed by atoms with van der Waals surface area (Å²) in [5, 5.41) is 3.44. The quantitative estimate of drug-likeness (QED) is 0.525. The van der Waals surface area contributed by atoms with Crippen LogP contribution in [-0.4, -0.2) is 17.6 Å². The van der Waals surface area contributed by atoms with E-state index in [9.17, 15) is 0 Å². The van der Waals surface area contributed by atoms with E-state index in [0.29, 0.717) is 0 Å². The van der Waals surface area contributed by atoms with E-state index in [4.69, 9.17) is 10.4 Å². The molecule has 0 unspecified atom stereocenters. The highest BCUT2D eigenvalue weighted by Crippen LogP contribution is 2.18. The first kappa shape index (κ1) is 10.9. The van der Waals surface area contributed by atoms with Gasteiger partial charge in [-0.25, -0.2) is 0 Å². The van der Waals surface area contributed by atoms with E-state index in [1.807, 2.05) is 18.2 Å². The summed E-state index contributed by atoms with van der Waals surface area (Å²) in [6.07, 6.45) is 3.31. The van der Waals surface area contributed by atoms with Gasteiger partial charge in [0.15, 0.2) is 0 Å². The second-order valence-electron chi connectivity index (χ2n) is 3.11. The lowest BCUT2D eigenvalue weighted by atomic mass is 10.2. The van der Waals surface area contributed by atoms with Crippen molar-refractivity contribution in [3.8, 4) is 0 Å². The molecule has 0 aromatic carbocycles. The van der Waals surface area contributed by atoms with Gasteiger partial charge in [-0.15, -0.1) is 0 Å². The molecule has 82 valence electrons. The molecule has 0 saturated heterocycles. The minimum absolute atomic E-state index is 0.239. The van der Waals surface area contributed by atoms with Gasteiger partial charge in [0.05, 0.1) is 17.9 Å². The van der Waals surface area contributed by atoms with Gasteiger partial charge < -0.3 is 0 Å². The predicted molar refractivity (Wildman–Crippen MR) is 61.9 cm³/mol. The van der Waals surface area contributed by atoms with Crippen molar-refractivity contribution in [2.45, 2.75) is 6.10 Å². The summed E-state index contributed by atoms with van der Waals surface area (Å²) < 4.78 is 0.918. The Morgan fingerprint density at radius 3 is 3.19 bits per heavy atom. The van der Waals surface area contributed by atoms with Crippen LogP contribution in [-0.2, 0) is 4.84 Å². The van der Waals surface area contributed by atoms with Gasteiger partial charge in [0.1, 0.15) is 6.10 Å². The summed E-state index contributed by atoms with van der Waals surface area (Å²) in [6.45, 7) is 0.267. The summed E-state index contributed by atoms with van der Waals surface area (Å²) in [5.74, 6) is 0. The number of hydrogen-bond donors (Lipinski definition) is 1. The molecule has 7 heteroatoms. The molecule has 0 spiro atoms. The predicted octanol–water partition coefficient (Wildman–Crippen LogP) is 2.40. The van der Waals surface area contributed by atoms with Crippen molar-refractivity contribution in [3.05, 3.63) is 45.0 Å². The average molecular weight is 282 g/mol. The zero-order chi connectivity index (χ0) is 11.4. The van der Waals surface area contributed by atoms with Crippen molar-refractivity contribution >= 4 is 21.6 Å². The first-order valence-electron chi connectivity index (χ1n) is 4.56. The van der Waals surface area contributed by atoms with E-state index < -0.39 is 0 Å². The monoisotopic (exact) mass is 281 g/mol. The lowest BCUT2D eigenvalue weighted by Gasteiger charge is -2.03. The molecule has 1 aromatic heterocycles. The maximum Gasteiger partial charge on any atom is 0.111 e. The van der Waals surface area contributed by atoms with E-state index in [1.165, 1.54) is 0 Å². The molecule has 0 bridgehead atoms. The summed E-state index contributed by atoms with van der Waals surface area (Å²) in [6, 6.07) is 3.76. The van der Waals surface area contributed by atoms with Crippen LogP contribution in [0, 0.1) is 0 Å². The molecule has 0 aliphatic carbocycles. The molecule has 0 saturated carbocycles. The molecule has 0 radical (unpaired) electrons. The molecular formula is C9H8BrN5O. The van der Waals surface area contributed by atoms with Gasteiger partial charge in [0.25, 0.3) is 0 Å². The van der Waals surface area contributed by atoms with Crippen LogP contribution < -0.4 is 5.48 Å². The number of nitrogens with zero attached hydrogens (tertiary/aromatic N) is 4. The Morgan fingerprint density at radius 1 is 1.62 bits per heavy atom. The first-order valence-corrected chi connectivity index (χ1v) is 5.35. The maximum absolute atomic E-state index is 8.18. The number of aromatic nitrogens is 1. The third-order valence-electron chi connectivity index (χ3n) is 2.00. The number of rotatable bonds is 3. The van der Waals surface area contributed by atoms with Crippen LogP contribution in [0.3, 0.4) is 0 Å². The molecule has 16 heavy (non-hydrogen) atoms. The molecule has 0 amide bonds. The van der Waals surface area contributed by atoms with Gasteiger partial charge >= 0.3 is 0 Å². The minimum Gasteiger partial charge on any atom is -0.268 e. The molecule has 2 heterocycles. The molecular weight excluding hydrogens is 274 g/mol. The van der Waals surface area contributed by atoms with E-state index in [0.717, 1.165) is 15.9 Å². The lowest BCUT2D eigenvalue weighted by molar-refractivity contribution is 0.0566. The molecule has 1 aliphatic rings. The molecule has 1 N–H and O–H groups in total. The zero-order valence-corrected chi connectivity index (χ0v) is 9.75. The Labute approximate surface area is 100 Å². The molecule has 2 rings (SSSR count). The smallest absolute Gasteiger partial charge is 0.111 e. The molecule has 0 fully saturated rings. The molecule has 1 atom stereocenters. The Morgan fingerprint density at radius 2 is 2.50 bits per heavy atom. The van der Waals surface area contributed by atoms with E-state index in [1.54, 1.807) is 6.20 Å². The van der Waals surface area contributed by atoms with Gasteiger partial charge in [-0.05, 0) is 39.7 Å². The second kappa shape index (κ2) is 4.98. The van der Waals surface area contributed by atoms with Crippen LogP contribution in [0.1, 0.15) is 5.69 Å². The van der Waals surface area contributed by atoms with E-state index >= 15 is 0 Å². The highest BCUT2D eigenvalue weighted by atomic mass is 79.9. The van der Waals surface area contributed by atoms with Crippen LogP contribution in [0.25, 0.3) is 16.1 Å². The lowest BCUT2D eigenvalue weighted by Crippen LogP contribution is -2.14. The standard InChI is InChI=1S/C9H8BrN5O/c10-6-1-2-8(12-4-6)9-3-7(16-14-9)5-13-15-11/h1-4,7,14H,5H2/t7-/m0/s1. The van der Waals surface area contributed by atoms with E-state index in [-0.39, 0.29) is 12.6 Å². The fourth-order valence-electron chi connectivity index (χ4n) is 1.27. The Kier molecular flexibility index (Phi) is 3.40. The van der Waals surface area contributed by atoms with Crippen molar-refractivity contribution in [1.29, 1.82) is 0 Å². The summed E-state index contributed by atoms with van der Waals surface area (Å²) in [4.78, 5) is 12.1. The van der Waals surface area contributed by atoms with Crippen molar-refractivity contribution in [3.63, 3.8) is 0 Å². The summed E-state index contributed by atoms with van der Waals surface area (Å²) in [5.41, 5.74) is 12.5. The fraction of sp³-hybridized carbons (Fsp3) is 0.222. The van der Waals surface area contributed by atoms with Crippen LogP contribution in [0.4, 0.5) is 0 Å². The minimum atomic E-state index is -0.239. The van der Waals surface area contributed by atoms with Crippen molar-refractivity contribution in [2.75, 3.05) is 6.54 Å². The maximum atomic E-state index is 8.18. The normalized spacial score (nSPS) is 18.6. The van der Waals surface area contributed by atoms with Gasteiger partial charge in [0.2, 0.25) is 0 Å². The Balaban J connectivity index is 2.11. The third kappa shape index (κ3) is 2.52. The third-order valence-corrected chi connectivity index (χ3v) is 2.47. The number of nitrogens with one attached hydrogen (secondary N) is 1. The van der Waals surface area contributed by atoms with Crippen molar-refractivity contribution in [2.24, 2.45) is 5.11 Å². The topological polar surface area (TPSA) is 82.9 Å². The Bertz CT molecular complexity index is 451. The van der Waals surface area contributed by atoms with E-state index in [2.05, 4.69) is 36.4 Å². The number of hydroxylamine groups is 1.